The molecule has 2 heterocycles. The predicted molar refractivity (Wildman–Crippen MR) is 85.5 cm³/mol. The number of thiazole rings is 1. The smallest absolute Gasteiger partial charge is 0.259 e. The Balaban J connectivity index is 1.87. The molecule has 3 aromatic rings. The SMILES string of the molecule is Cc1csc2nc(CNc3ccc(Br)cc3F)cc(=O)n12. The molecule has 0 aliphatic heterocycles. The molecule has 0 saturated carbocycles. The summed E-state index contributed by atoms with van der Waals surface area (Å²) in [4.78, 5) is 17.1. The van der Waals surface area contributed by atoms with Gasteiger partial charge in [-0.1, -0.05) is 15.9 Å². The van der Waals surface area contributed by atoms with E-state index in [2.05, 4.69) is 26.2 Å². The van der Waals surface area contributed by atoms with Crippen molar-refractivity contribution in [1.29, 1.82) is 0 Å². The highest BCUT2D eigenvalue weighted by molar-refractivity contribution is 9.10. The van der Waals surface area contributed by atoms with Crippen LogP contribution in [0.3, 0.4) is 0 Å². The van der Waals surface area contributed by atoms with Gasteiger partial charge in [-0.05, 0) is 25.1 Å². The summed E-state index contributed by atoms with van der Waals surface area (Å²) < 4.78 is 16.0. The lowest BCUT2D eigenvalue weighted by atomic mass is 10.3. The third-order valence-corrected chi connectivity index (χ3v) is 4.46. The van der Waals surface area contributed by atoms with Crippen LogP contribution in [0.5, 0.6) is 0 Å². The van der Waals surface area contributed by atoms with Crippen LogP contribution >= 0.6 is 27.3 Å². The van der Waals surface area contributed by atoms with Crippen LogP contribution in [0.1, 0.15) is 11.4 Å². The minimum absolute atomic E-state index is 0.119. The molecule has 0 aliphatic carbocycles. The van der Waals surface area contributed by atoms with Crippen LogP contribution in [0, 0.1) is 12.7 Å². The van der Waals surface area contributed by atoms with Gasteiger partial charge < -0.3 is 5.32 Å². The summed E-state index contributed by atoms with van der Waals surface area (Å²) in [6.07, 6.45) is 0. The van der Waals surface area contributed by atoms with Gasteiger partial charge in [0.05, 0.1) is 17.9 Å². The molecule has 21 heavy (non-hydrogen) atoms. The zero-order valence-electron chi connectivity index (χ0n) is 11.1. The molecule has 0 bridgehead atoms. The largest absolute Gasteiger partial charge is 0.377 e. The van der Waals surface area contributed by atoms with E-state index >= 15 is 0 Å². The molecular formula is C14H11BrFN3OS. The number of aromatic nitrogens is 2. The first-order valence-corrected chi connectivity index (χ1v) is 7.87. The summed E-state index contributed by atoms with van der Waals surface area (Å²) >= 11 is 4.62. The van der Waals surface area contributed by atoms with Crippen molar-refractivity contribution >= 4 is 37.9 Å². The van der Waals surface area contributed by atoms with Gasteiger partial charge in [-0.2, -0.15) is 0 Å². The van der Waals surface area contributed by atoms with E-state index in [-0.39, 0.29) is 11.4 Å². The molecule has 0 amide bonds. The Morgan fingerprint density at radius 3 is 3.00 bits per heavy atom. The number of aryl methyl sites for hydroxylation is 1. The van der Waals surface area contributed by atoms with Crippen LogP contribution in [-0.2, 0) is 6.54 Å². The number of nitrogens with zero attached hydrogens (tertiary/aromatic N) is 2. The molecule has 1 N–H and O–H groups in total. The van der Waals surface area contributed by atoms with Gasteiger partial charge in [0.15, 0.2) is 4.96 Å². The molecule has 0 aliphatic rings. The van der Waals surface area contributed by atoms with Crippen molar-refractivity contribution < 1.29 is 4.39 Å². The van der Waals surface area contributed by atoms with Gasteiger partial charge >= 0.3 is 0 Å². The number of hydrogen-bond acceptors (Lipinski definition) is 4. The van der Waals surface area contributed by atoms with E-state index < -0.39 is 0 Å². The lowest BCUT2D eigenvalue weighted by Crippen LogP contribution is -2.16. The number of nitrogens with one attached hydrogen (secondary N) is 1. The van der Waals surface area contributed by atoms with Crippen molar-refractivity contribution in [2.24, 2.45) is 0 Å². The topological polar surface area (TPSA) is 46.4 Å². The number of halogens is 2. The van der Waals surface area contributed by atoms with E-state index in [4.69, 9.17) is 0 Å². The second kappa shape index (κ2) is 5.57. The fourth-order valence-electron chi connectivity index (χ4n) is 2.01. The van der Waals surface area contributed by atoms with Gasteiger partial charge in [-0.25, -0.2) is 9.37 Å². The minimum atomic E-state index is -0.353. The molecule has 108 valence electrons. The Morgan fingerprint density at radius 1 is 1.43 bits per heavy atom. The number of benzene rings is 1. The molecule has 0 unspecified atom stereocenters. The third kappa shape index (κ3) is 2.84. The van der Waals surface area contributed by atoms with Gasteiger partial charge in [0.25, 0.3) is 5.56 Å². The van der Waals surface area contributed by atoms with E-state index in [0.717, 1.165) is 5.69 Å². The first-order chi connectivity index (χ1) is 10.0. The Kier molecular flexibility index (Phi) is 3.77. The molecule has 0 radical (unpaired) electrons. The quantitative estimate of drug-likeness (QED) is 0.769. The number of anilines is 1. The summed E-state index contributed by atoms with van der Waals surface area (Å²) in [6.45, 7) is 2.16. The molecule has 0 spiro atoms. The number of hydrogen-bond donors (Lipinski definition) is 1. The van der Waals surface area contributed by atoms with Crippen LogP contribution < -0.4 is 10.9 Å². The van der Waals surface area contributed by atoms with Gasteiger partial charge in [0, 0.05) is 21.6 Å². The zero-order valence-corrected chi connectivity index (χ0v) is 13.5. The Morgan fingerprint density at radius 2 is 2.24 bits per heavy atom. The maximum atomic E-state index is 13.7. The zero-order chi connectivity index (χ0) is 15.0. The summed E-state index contributed by atoms with van der Waals surface area (Å²) in [5, 5.41) is 4.84. The van der Waals surface area contributed by atoms with Crippen molar-refractivity contribution in [3.63, 3.8) is 0 Å². The lowest BCUT2D eigenvalue weighted by molar-refractivity contribution is 0.629. The third-order valence-electron chi connectivity index (χ3n) is 3.02. The number of fused-ring (bicyclic) bond motifs is 1. The van der Waals surface area contributed by atoms with E-state index in [0.29, 0.717) is 27.4 Å². The lowest BCUT2D eigenvalue weighted by Gasteiger charge is -2.07. The van der Waals surface area contributed by atoms with Crippen LogP contribution in [0.25, 0.3) is 4.96 Å². The van der Waals surface area contributed by atoms with Crippen LogP contribution in [0.2, 0.25) is 0 Å². The van der Waals surface area contributed by atoms with Gasteiger partial charge in [-0.3, -0.25) is 9.20 Å². The highest BCUT2D eigenvalue weighted by Crippen LogP contribution is 2.20. The highest BCUT2D eigenvalue weighted by atomic mass is 79.9. The van der Waals surface area contributed by atoms with Crippen molar-refractivity contribution in [1.82, 2.24) is 9.38 Å². The van der Waals surface area contributed by atoms with Crippen LogP contribution in [0.4, 0.5) is 10.1 Å². The van der Waals surface area contributed by atoms with Crippen LogP contribution in [0.15, 0.2) is 38.9 Å². The van der Waals surface area contributed by atoms with Gasteiger partial charge in [-0.15, -0.1) is 11.3 Å². The maximum absolute atomic E-state index is 13.7. The standard InChI is InChI=1S/C14H11BrFN3OS/c1-8-7-21-14-18-10(5-13(20)19(8)14)6-17-12-3-2-9(15)4-11(12)16/h2-5,7,17H,6H2,1H3. The Labute approximate surface area is 132 Å². The summed E-state index contributed by atoms with van der Waals surface area (Å²) in [6, 6.07) is 6.24. The molecule has 4 nitrogen and oxygen atoms in total. The summed E-state index contributed by atoms with van der Waals surface area (Å²) in [5.74, 6) is -0.353. The van der Waals surface area contributed by atoms with Crippen molar-refractivity contribution in [2.75, 3.05) is 5.32 Å². The average Bonchev–Trinajstić information content (AvgIpc) is 2.80. The fourth-order valence-corrected chi connectivity index (χ4v) is 3.23. The minimum Gasteiger partial charge on any atom is -0.377 e. The first-order valence-electron chi connectivity index (χ1n) is 6.20. The number of rotatable bonds is 3. The molecule has 2 aromatic heterocycles. The molecule has 0 saturated heterocycles. The van der Waals surface area contributed by atoms with Crippen molar-refractivity contribution in [3.8, 4) is 0 Å². The van der Waals surface area contributed by atoms with E-state index in [9.17, 15) is 9.18 Å². The Hall–Kier alpha value is -1.73. The summed E-state index contributed by atoms with van der Waals surface area (Å²) in [7, 11) is 0. The maximum Gasteiger partial charge on any atom is 0.259 e. The highest BCUT2D eigenvalue weighted by Gasteiger charge is 2.07. The molecule has 1 aromatic carbocycles. The molecule has 7 heteroatoms. The van der Waals surface area contributed by atoms with Gasteiger partial charge in [0.2, 0.25) is 0 Å². The summed E-state index contributed by atoms with van der Waals surface area (Å²) in [5.41, 5.74) is 1.71. The predicted octanol–water partition coefficient (Wildman–Crippen LogP) is 3.58. The van der Waals surface area contributed by atoms with Gasteiger partial charge in [0.1, 0.15) is 5.82 Å². The molecule has 3 rings (SSSR count). The van der Waals surface area contributed by atoms with Crippen LogP contribution in [-0.4, -0.2) is 9.38 Å². The normalized spacial score (nSPS) is 11.0. The average molecular weight is 368 g/mol. The molecule has 0 atom stereocenters. The van der Waals surface area contributed by atoms with Crippen molar-refractivity contribution in [3.05, 3.63) is 61.7 Å². The second-order valence-electron chi connectivity index (χ2n) is 4.56. The van der Waals surface area contributed by atoms with E-state index in [1.54, 1.807) is 16.5 Å². The molecular weight excluding hydrogens is 357 g/mol. The fraction of sp³-hybridized carbons (Fsp3) is 0.143. The Bertz CT molecular complexity index is 874. The second-order valence-corrected chi connectivity index (χ2v) is 6.31. The van der Waals surface area contributed by atoms with E-state index in [1.165, 1.54) is 23.5 Å². The first kappa shape index (κ1) is 14.2. The van der Waals surface area contributed by atoms with Crippen molar-refractivity contribution in [2.45, 2.75) is 13.5 Å². The monoisotopic (exact) mass is 367 g/mol. The van der Waals surface area contributed by atoms with E-state index in [1.807, 2.05) is 12.3 Å². The molecule has 0 fully saturated rings.